The lowest BCUT2D eigenvalue weighted by molar-refractivity contribution is 0.0675. The van der Waals surface area contributed by atoms with Crippen LogP contribution in [0.5, 0.6) is 35.5 Å². The Kier molecular flexibility index (Phi) is 28.8. The molecule has 44 heteroatoms. The Bertz CT molecular complexity index is 5220. The number of aliphatic hydroxyl groups is 3. The van der Waals surface area contributed by atoms with Gasteiger partial charge in [0, 0.05) is 72.4 Å². The van der Waals surface area contributed by atoms with Crippen molar-refractivity contribution < 1.29 is 87.8 Å². The summed E-state index contributed by atoms with van der Waals surface area (Å²) in [6, 6.07) is 3.29. The molecule has 12 rings (SSSR count). The molecular weight excluding hydrogens is 1480 g/mol. The van der Waals surface area contributed by atoms with Crippen molar-refractivity contribution >= 4 is 58.5 Å². The fourth-order valence-corrected chi connectivity index (χ4v) is 10.0. The van der Waals surface area contributed by atoms with Crippen LogP contribution in [-0.4, -0.2) is 247 Å². The van der Waals surface area contributed by atoms with E-state index in [4.69, 9.17) is 77.2 Å². The number of aliphatic hydroxyl groups excluding tert-OH is 3. The highest BCUT2D eigenvalue weighted by molar-refractivity contribution is 6.33. The van der Waals surface area contributed by atoms with Gasteiger partial charge in [0.25, 0.3) is 0 Å². The molecule has 0 aliphatic rings. The molecule has 0 aliphatic carbocycles. The summed E-state index contributed by atoms with van der Waals surface area (Å²) in [5, 5.41) is 78.7. The summed E-state index contributed by atoms with van der Waals surface area (Å²) in [6.45, 7) is 1.66. The number of rotatable bonds is 21. The molecule has 0 spiro atoms. The molecule has 0 radical (unpaired) electrons. The highest BCUT2D eigenvalue weighted by Crippen LogP contribution is 2.32. The van der Waals surface area contributed by atoms with Gasteiger partial charge in [0.05, 0.1) is 177 Å². The van der Waals surface area contributed by atoms with E-state index in [-0.39, 0.29) is 46.4 Å². The summed E-state index contributed by atoms with van der Waals surface area (Å²) in [5.41, 5.74) is 6.12. The number of aromatic carboxylic acids is 3. The molecule has 12 aromatic rings. The second-order valence-electron chi connectivity index (χ2n) is 21.5. The minimum absolute atomic E-state index is 0.0304. The molecule has 570 valence electrons. The van der Waals surface area contributed by atoms with Crippen molar-refractivity contribution in [3.8, 4) is 103 Å². The lowest BCUT2D eigenvalue weighted by atomic mass is 10.1. The lowest BCUT2D eigenvalue weighted by Crippen LogP contribution is -2.12. The van der Waals surface area contributed by atoms with Crippen LogP contribution < -0.4 is 28.4 Å². The third-order valence-corrected chi connectivity index (χ3v) is 15.2. The molecule has 0 saturated carbocycles. The molecule has 0 bridgehead atoms. The van der Waals surface area contributed by atoms with Crippen LogP contribution in [0.2, 0.25) is 10.0 Å². The SMILES string of the molecule is COc1cc(-c2cnn(C)c2C(=O)CO)nc(OC)n1.COc1cc(-c2cnn(C)c2C(=O)O)nc(OC)n1.COc1cncc(-c2cnn(C)c2C(=O)CO)n1.COc1cncc(-c2cnn(C)c2C(=O)O)n1.Cc1ncc(Cl)c(-c2cnn(C)c2C(=O)CO)n1.Cc1ncc(Cl)c(-c2cnn(C)c2C(=O)O)n1. The van der Waals surface area contributed by atoms with Crippen molar-refractivity contribution in [3.63, 3.8) is 0 Å². The second-order valence-corrected chi connectivity index (χ2v) is 22.3. The number of ether oxygens (including phenoxy) is 6. The first-order valence-electron chi connectivity index (χ1n) is 30.9. The Morgan fingerprint density at radius 3 is 0.927 bits per heavy atom. The zero-order valence-electron chi connectivity index (χ0n) is 60.3. The van der Waals surface area contributed by atoms with E-state index in [0.29, 0.717) is 113 Å². The zero-order chi connectivity index (χ0) is 80.1. The maximum Gasteiger partial charge on any atom is 0.354 e. The minimum Gasteiger partial charge on any atom is -0.481 e. The number of aryl methyl sites for hydroxylation is 8. The van der Waals surface area contributed by atoms with Crippen LogP contribution in [0.3, 0.4) is 0 Å². The van der Waals surface area contributed by atoms with Crippen LogP contribution in [0, 0.1) is 13.8 Å². The monoisotopic (exact) mass is 1540 g/mol. The van der Waals surface area contributed by atoms with Crippen molar-refractivity contribution in [2.24, 2.45) is 42.3 Å². The van der Waals surface area contributed by atoms with Gasteiger partial charge in [-0.2, -0.15) is 50.5 Å². The van der Waals surface area contributed by atoms with E-state index in [2.05, 4.69) is 90.4 Å². The summed E-state index contributed by atoms with van der Waals surface area (Å²) < 4.78 is 37.9. The van der Waals surface area contributed by atoms with E-state index >= 15 is 0 Å². The highest BCUT2D eigenvalue weighted by atomic mass is 35.5. The Morgan fingerprint density at radius 2 is 0.615 bits per heavy atom. The number of carbonyl (C=O) groups excluding carboxylic acids is 3. The first-order valence-corrected chi connectivity index (χ1v) is 31.7. The molecular formula is C65H68Cl2N24O18. The van der Waals surface area contributed by atoms with Crippen LogP contribution in [0.4, 0.5) is 0 Å². The molecule has 0 aliphatic heterocycles. The number of nitrogens with zero attached hydrogens (tertiary/aromatic N) is 24. The standard InChI is InChI=1S/C12H14N4O4.C11H11ClN4O2.C11H12N4O4.C11H12N4O3.C10H9ClN4O2.C10H10N4O3/c1-16-11(9(18)6-17)7(5-13-16)8-4-10(19-2)15-12(14-8)20-3;1-6-13-4-8(12)10(15-6)7-3-14-16(2)11(7)9(18)5-17;1-15-9(10(16)17)6(5-12-15)7-4-8(18-2)14-11(13-7)19-3;1-15-11(9(17)6-16)7(3-13-15)8-4-12-5-10(14-8)18-2;1-5-12-4-7(11)8(14-5)6-3-13-15(2)9(6)10(16)17;1-14-9(10(15)16)6(3-12-14)7-4-11-5-8(13-7)17-2/h4-5,17H,6H2,1-3H3;3-4,17H,5H2,1-2H3;4-5H,1-3H3,(H,16,17);3-5,16H,6H2,1-2H3;3-4H,1-2H3,(H,16,17);3-5H,1-2H3,(H,15,16). The first-order chi connectivity index (χ1) is 52.0. The molecule has 12 aromatic heterocycles. The number of carbonyl (C=O) groups is 6. The highest BCUT2D eigenvalue weighted by Gasteiger charge is 2.26. The third-order valence-electron chi connectivity index (χ3n) is 14.6. The van der Waals surface area contributed by atoms with Crippen LogP contribution >= 0.6 is 23.2 Å². The van der Waals surface area contributed by atoms with E-state index in [1.807, 2.05) is 0 Å². The largest absolute Gasteiger partial charge is 0.481 e. The van der Waals surface area contributed by atoms with Gasteiger partial charge in [0.2, 0.25) is 40.9 Å². The number of Topliss-reactive ketones (excluding diaryl/α,β-unsaturated/α-hetero) is 3. The molecule has 12 heterocycles. The molecule has 0 atom stereocenters. The Morgan fingerprint density at radius 1 is 0.339 bits per heavy atom. The van der Waals surface area contributed by atoms with Gasteiger partial charge in [0.15, 0.2) is 17.1 Å². The topological polar surface area (TPSA) is 541 Å². The molecule has 0 saturated heterocycles. The molecule has 0 unspecified atom stereocenters. The third kappa shape index (κ3) is 20.1. The molecule has 42 nitrogen and oxygen atoms in total. The molecule has 109 heavy (non-hydrogen) atoms. The number of ketones is 3. The van der Waals surface area contributed by atoms with Crippen LogP contribution in [-0.2, 0) is 42.3 Å². The number of aromatic nitrogens is 24. The number of methoxy groups -OCH3 is 6. The maximum absolute atomic E-state index is 11.8. The van der Waals surface area contributed by atoms with E-state index < -0.39 is 55.1 Å². The van der Waals surface area contributed by atoms with Crippen LogP contribution in [0.25, 0.3) is 67.5 Å². The quantitative estimate of drug-likeness (QED) is 0.0556. The number of hydrogen-bond acceptors (Lipinski definition) is 33. The summed E-state index contributed by atoms with van der Waals surface area (Å²) in [6.07, 6.45) is 17.6. The Labute approximate surface area is 626 Å². The number of halogens is 2. The number of carboxylic acid groups (broad SMARTS) is 3. The average Bonchev–Trinajstić information content (AvgIpc) is 1.73. The van der Waals surface area contributed by atoms with Gasteiger partial charge < -0.3 is 59.1 Å². The summed E-state index contributed by atoms with van der Waals surface area (Å²) >= 11 is 12.0. The van der Waals surface area contributed by atoms with Gasteiger partial charge in [-0.15, -0.1) is 0 Å². The van der Waals surface area contributed by atoms with Crippen molar-refractivity contribution in [2.75, 3.05) is 62.5 Å². The molecule has 0 amide bonds. The minimum atomic E-state index is -1.09. The molecule has 0 aromatic carbocycles. The van der Waals surface area contributed by atoms with Gasteiger partial charge in [0.1, 0.15) is 48.6 Å². The van der Waals surface area contributed by atoms with Gasteiger partial charge in [-0.25, -0.2) is 44.3 Å². The lowest BCUT2D eigenvalue weighted by Gasteiger charge is -2.07. The molecule has 6 N–H and O–H groups in total. The first kappa shape index (κ1) is 82.7. The van der Waals surface area contributed by atoms with Crippen LogP contribution in [0.1, 0.15) is 74.6 Å². The van der Waals surface area contributed by atoms with Crippen molar-refractivity contribution in [2.45, 2.75) is 13.8 Å². The summed E-state index contributed by atoms with van der Waals surface area (Å²) in [7, 11) is 18.2. The number of hydrogen-bond donors (Lipinski definition) is 6. The average molecular weight is 1540 g/mol. The van der Waals surface area contributed by atoms with E-state index in [9.17, 15) is 33.9 Å². The van der Waals surface area contributed by atoms with Gasteiger partial charge in [-0.1, -0.05) is 23.2 Å². The fourth-order valence-electron chi connectivity index (χ4n) is 9.62. The Hall–Kier alpha value is -13.6. The normalized spacial score (nSPS) is 10.4. The second kappa shape index (κ2) is 37.9. The van der Waals surface area contributed by atoms with E-state index in [1.165, 1.54) is 151 Å². The van der Waals surface area contributed by atoms with Crippen molar-refractivity contribution in [3.05, 3.63) is 142 Å². The van der Waals surface area contributed by atoms with E-state index in [0.717, 1.165) is 0 Å². The predicted octanol–water partition coefficient (Wildman–Crippen LogP) is 3.86. The van der Waals surface area contributed by atoms with Crippen molar-refractivity contribution in [1.82, 2.24) is 118 Å². The molecule has 0 fully saturated rings. The van der Waals surface area contributed by atoms with Crippen molar-refractivity contribution in [1.29, 1.82) is 0 Å². The predicted molar refractivity (Wildman–Crippen MR) is 379 cm³/mol. The van der Waals surface area contributed by atoms with Gasteiger partial charge >= 0.3 is 29.9 Å². The van der Waals surface area contributed by atoms with Gasteiger partial charge in [-0.3, -0.25) is 52.4 Å². The zero-order valence-corrected chi connectivity index (χ0v) is 61.8. The Balaban J connectivity index is 0.000000182. The fraction of sp³-hybridized carbons (Fsp3) is 0.262. The maximum atomic E-state index is 11.8. The summed E-state index contributed by atoms with van der Waals surface area (Å²) in [4.78, 5) is 117. The number of carboxylic acids is 3. The van der Waals surface area contributed by atoms with Crippen LogP contribution in [0.15, 0.2) is 86.5 Å². The smallest absolute Gasteiger partial charge is 0.354 e. The summed E-state index contributed by atoms with van der Waals surface area (Å²) in [5.74, 6) is -2.22. The van der Waals surface area contributed by atoms with E-state index in [1.54, 1.807) is 62.2 Å². The van der Waals surface area contributed by atoms with Gasteiger partial charge in [-0.05, 0) is 13.8 Å².